The third-order valence-corrected chi connectivity index (χ3v) is 5.82. The number of methoxy groups -OCH3 is 1. The highest BCUT2D eigenvalue weighted by Gasteiger charge is 2.23. The van der Waals surface area contributed by atoms with Gasteiger partial charge in [0.2, 0.25) is 11.7 Å². The van der Waals surface area contributed by atoms with Crippen LogP contribution in [0.1, 0.15) is 11.5 Å². The van der Waals surface area contributed by atoms with Crippen molar-refractivity contribution in [1.82, 2.24) is 19.9 Å². The molecule has 1 amide bonds. The maximum Gasteiger partial charge on any atom is 0.260 e. The van der Waals surface area contributed by atoms with Crippen LogP contribution in [0.15, 0.2) is 47.0 Å². The number of carbonyl (C=O) groups excluding carboxylic acids is 1. The number of hydrogen-bond acceptors (Lipinski definition) is 7. The lowest BCUT2D eigenvalue weighted by Crippen LogP contribution is -2.49. The maximum absolute atomic E-state index is 12.5. The standard InChI is InChI=1S/C23H25ClN4O4/c1-16-13-19(7-8-20(16)24)31-15-22(29)28-11-9-27(10-12-28)14-21-25-23(26-32-21)17-3-5-18(30-2)6-4-17/h3-8,13H,9-12,14-15H2,1-2H3. The second kappa shape index (κ2) is 10.0. The molecule has 0 atom stereocenters. The van der Waals surface area contributed by atoms with E-state index in [-0.39, 0.29) is 12.5 Å². The number of nitrogens with zero attached hydrogens (tertiary/aromatic N) is 4. The molecular weight excluding hydrogens is 432 g/mol. The summed E-state index contributed by atoms with van der Waals surface area (Å²) in [7, 11) is 1.63. The molecule has 2 heterocycles. The van der Waals surface area contributed by atoms with Crippen molar-refractivity contribution in [1.29, 1.82) is 0 Å². The normalized spacial score (nSPS) is 14.4. The average Bonchev–Trinajstić information content (AvgIpc) is 3.28. The number of benzene rings is 2. The second-order valence-corrected chi connectivity index (χ2v) is 8.00. The molecular formula is C23H25ClN4O4. The van der Waals surface area contributed by atoms with Gasteiger partial charge in [0.1, 0.15) is 11.5 Å². The molecule has 1 aliphatic heterocycles. The quantitative estimate of drug-likeness (QED) is 0.538. The highest BCUT2D eigenvalue weighted by atomic mass is 35.5. The first-order chi connectivity index (χ1) is 15.5. The molecule has 0 spiro atoms. The van der Waals surface area contributed by atoms with E-state index in [4.69, 9.17) is 25.6 Å². The van der Waals surface area contributed by atoms with Crippen molar-refractivity contribution < 1.29 is 18.8 Å². The Balaban J connectivity index is 1.24. The van der Waals surface area contributed by atoms with Crippen LogP contribution < -0.4 is 9.47 Å². The van der Waals surface area contributed by atoms with Gasteiger partial charge in [-0.2, -0.15) is 4.98 Å². The van der Waals surface area contributed by atoms with Crippen LogP contribution in [0, 0.1) is 6.92 Å². The molecule has 9 heteroatoms. The van der Waals surface area contributed by atoms with E-state index in [0.717, 1.165) is 30.0 Å². The molecule has 0 saturated carbocycles. The Kier molecular flexibility index (Phi) is 6.92. The summed E-state index contributed by atoms with van der Waals surface area (Å²) in [5.74, 6) is 2.49. The SMILES string of the molecule is COc1ccc(-c2noc(CN3CCN(C(=O)COc4ccc(Cl)c(C)c4)CC3)n2)cc1. The predicted molar refractivity (Wildman–Crippen MR) is 120 cm³/mol. The van der Waals surface area contributed by atoms with Crippen molar-refractivity contribution in [2.75, 3.05) is 39.9 Å². The largest absolute Gasteiger partial charge is 0.497 e. The maximum atomic E-state index is 12.5. The number of hydrogen-bond donors (Lipinski definition) is 0. The van der Waals surface area contributed by atoms with E-state index < -0.39 is 0 Å². The van der Waals surface area contributed by atoms with Crippen molar-refractivity contribution in [3.8, 4) is 22.9 Å². The molecule has 8 nitrogen and oxygen atoms in total. The first-order valence-corrected chi connectivity index (χ1v) is 10.8. The Morgan fingerprint density at radius 3 is 2.50 bits per heavy atom. The highest BCUT2D eigenvalue weighted by molar-refractivity contribution is 6.31. The number of aromatic nitrogens is 2. The number of amides is 1. The summed E-state index contributed by atoms with van der Waals surface area (Å²) in [6.45, 7) is 5.17. The zero-order chi connectivity index (χ0) is 22.5. The molecule has 4 rings (SSSR count). The first-order valence-electron chi connectivity index (χ1n) is 10.4. The number of rotatable bonds is 7. The summed E-state index contributed by atoms with van der Waals surface area (Å²) in [4.78, 5) is 21.0. The Morgan fingerprint density at radius 2 is 1.81 bits per heavy atom. The van der Waals surface area contributed by atoms with E-state index >= 15 is 0 Å². The lowest BCUT2D eigenvalue weighted by Gasteiger charge is -2.33. The van der Waals surface area contributed by atoms with E-state index in [1.807, 2.05) is 42.2 Å². The summed E-state index contributed by atoms with van der Waals surface area (Å²) < 4.78 is 16.2. The van der Waals surface area contributed by atoms with Gasteiger partial charge in [0.05, 0.1) is 13.7 Å². The molecule has 1 aliphatic rings. The first kappa shape index (κ1) is 22.1. The van der Waals surface area contributed by atoms with Crippen LogP contribution in [-0.2, 0) is 11.3 Å². The van der Waals surface area contributed by atoms with Gasteiger partial charge in [0, 0.05) is 36.8 Å². The summed E-state index contributed by atoms with van der Waals surface area (Å²) in [5, 5.41) is 4.75. The zero-order valence-corrected chi connectivity index (χ0v) is 18.8. The summed E-state index contributed by atoms with van der Waals surface area (Å²) in [6.07, 6.45) is 0. The number of piperazine rings is 1. The Morgan fingerprint density at radius 1 is 1.09 bits per heavy atom. The Bertz CT molecular complexity index is 1060. The minimum absolute atomic E-state index is 0.00987. The molecule has 168 valence electrons. The van der Waals surface area contributed by atoms with Crippen molar-refractivity contribution in [3.63, 3.8) is 0 Å². The fourth-order valence-corrected chi connectivity index (χ4v) is 3.58. The van der Waals surface area contributed by atoms with Crippen LogP contribution in [-0.4, -0.2) is 65.7 Å². The van der Waals surface area contributed by atoms with Gasteiger partial charge in [-0.05, 0) is 55.0 Å². The fraction of sp³-hybridized carbons (Fsp3) is 0.348. The third kappa shape index (κ3) is 5.38. The topological polar surface area (TPSA) is 80.9 Å². The lowest BCUT2D eigenvalue weighted by atomic mass is 10.2. The number of ether oxygens (including phenoxy) is 2. The molecule has 0 bridgehead atoms. The molecule has 2 aromatic carbocycles. The average molecular weight is 457 g/mol. The zero-order valence-electron chi connectivity index (χ0n) is 18.1. The van der Waals surface area contributed by atoms with Gasteiger partial charge in [-0.3, -0.25) is 9.69 Å². The molecule has 1 fully saturated rings. The summed E-state index contributed by atoms with van der Waals surface area (Å²) >= 11 is 6.03. The van der Waals surface area contributed by atoms with E-state index in [9.17, 15) is 4.79 Å². The number of halogens is 1. The predicted octanol–water partition coefficient (Wildman–Crippen LogP) is 3.43. The van der Waals surface area contributed by atoms with Gasteiger partial charge in [0.25, 0.3) is 5.91 Å². The van der Waals surface area contributed by atoms with Crippen molar-refractivity contribution >= 4 is 17.5 Å². The van der Waals surface area contributed by atoms with Crippen LogP contribution in [0.5, 0.6) is 11.5 Å². The second-order valence-electron chi connectivity index (χ2n) is 7.60. The molecule has 0 aliphatic carbocycles. The van der Waals surface area contributed by atoms with Crippen LogP contribution in [0.4, 0.5) is 0 Å². The van der Waals surface area contributed by atoms with Crippen molar-refractivity contribution in [3.05, 3.63) is 58.9 Å². The monoisotopic (exact) mass is 456 g/mol. The fourth-order valence-electron chi connectivity index (χ4n) is 3.47. The van der Waals surface area contributed by atoms with E-state index in [0.29, 0.717) is 42.1 Å². The molecule has 0 N–H and O–H groups in total. The summed E-state index contributed by atoms with van der Waals surface area (Å²) in [6, 6.07) is 12.9. The molecule has 0 radical (unpaired) electrons. The van der Waals surface area contributed by atoms with Gasteiger partial charge in [-0.1, -0.05) is 16.8 Å². The van der Waals surface area contributed by atoms with Gasteiger partial charge in [0.15, 0.2) is 6.61 Å². The van der Waals surface area contributed by atoms with Gasteiger partial charge < -0.3 is 18.9 Å². The van der Waals surface area contributed by atoms with Crippen LogP contribution in [0.25, 0.3) is 11.4 Å². The third-order valence-electron chi connectivity index (χ3n) is 5.39. The number of aryl methyl sites for hydroxylation is 1. The van der Waals surface area contributed by atoms with E-state index in [1.54, 1.807) is 19.2 Å². The van der Waals surface area contributed by atoms with Gasteiger partial charge in [-0.25, -0.2) is 0 Å². The molecule has 0 unspecified atom stereocenters. The van der Waals surface area contributed by atoms with Gasteiger partial charge >= 0.3 is 0 Å². The van der Waals surface area contributed by atoms with E-state index in [2.05, 4.69) is 15.0 Å². The van der Waals surface area contributed by atoms with Crippen LogP contribution in [0.2, 0.25) is 5.02 Å². The van der Waals surface area contributed by atoms with E-state index in [1.165, 1.54) is 0 Å². The minimum atomic E-state index is -0.0307. The smallest absolute Gasteiger partial charge is 0.260 e. The molecule has 1 saturated heterocycles. The van der Waals surface area contributed by atoms with Crippen LogP contribution >= 0.6 is 11.6 Å². The summed E-state index contributed by atoms with van der Waals surface area (Å²) in [5.41, 5.74) is 1.79. The molecule has 32 heavy (non-hydrogen) atoms. The molecule has 1 aromatic heterocycles. The Hall–Kier alpha value is -3.10. The lowest BCUT2D eigenvalue weighted by molar-refractivity contribution is -0.135. The van der Waals surface area contributed by atoms with Crippen molar-refractivity contribution in [2.45, 2.75) is 13.5 Å². The Labute approximate surface area is 191 Å². The van der Waals surface area contributed by atoms with Gasteiger partial charge in [-0.15, -0.1) is 0 Å². The van der Waals surface area contributed by atoms with Crippen molar-refractivity contribution in [2.24, 2.45) is 0 Å². The highest BCUT2D eigenvalue weighted by Crippen LogP contribution is 2.22. The van der Waals surface area contributed by atoms with Crippen LogP contribution in [0.3, 0.4) is 0 Å². The minimum Gasteiger partial charge on any atom is -0.497 e. The number of carbonyl (C=O) groups is 1. The molecule has 3 aromatic rings.